The number of nitrogens with one attached hydrogen (secondary N) is 1. The van der Waals surface area contributed by atoms with Crippen LogP contribution in [-0.4, -0.2) is 79.4 Å². The molecule has 0 saturated heterocycles. The first-order valence-electron chi connectivity index (χ1n) is 9.42. The van der Waals surface area contributed by atoms with Crippen LogP contribution in [0.4, 0.5) is 5.95 Å². The molecule has 5 N–H and O–H groups in total. The number of rotatable bonds is 13. The van der Waals surface area contributed by atoms with Gasteiger partial charge in [0.2, 0.25) is 5.95 Å². The van der Waals surface area contributed by atoms with E-state index >= 15 is 0 Å². The van der Waals surface area contributed by atoms with Gasteiger partial charge < -0.3 is 34.0 Å². The third kappa shape index (κ3) is 7.28. The molecule has 0 spiro atoms. The molecule has 0 aliphatic heterocycles. The molecular weight excluding hydrogens is 438 g/mol. The van der Waals surface area contributed by atoms with Crippen molar-refractivity contribution in [2.75, 3.05) is 50.9 Å². The highest BCUT2D eigenvalue weighted by Crippen LogP contribution is 2.47. The van der Waals surface area contributed by atoms with Gasteiger partial charge in [0.05, 0.1) is 31.9 Å². The zero-order valence-electron chi connectivity index (χ0n) is 16.9. The van der Waals surface area contributed by atoms with Crippen LogP contribution in [0.25, 0.3) is 11.2 Å². The van der Waals surface area contributed by atoms with Crippen LogP contribution < -0.4 is 11.3 Å². The van der Waals surface area contributed by atoms with Gasteiger partial charge in [-0.2, -0.15) is 4.98 Å². The smallest absolute Gasteiger partial charge is 0.331 e. The molecule has 2 heterocycles. The minimum Gasteiger partial charge on any atom is -0.369 e. The van der Waals surface area contributed by atoms with E-state index in [9.17, 15) is 23.7 Å². The van der Waals surface area contributed by atoms with E-state index in [1.54, 1.807) is 23.3 Å². The number of H-pyrrole nitrogens is 1. The third-order valence-corrected chi connectivity index (χ3v) is 7.03. The summed E-state index contributed by atoms with van der Waals surface area (Å²) in [6.45, 7) is 4.83. The Labute approximate surface area is 173 Å². The summed E-state index contributed by atoms with van der Waals surface area (Å²) in [5, 5.41) is 0. The number of nitrogens with zero attached hydrogens (tertiary/aromatic N) is 4. The highest BCUT2D eigenvalue weighted by atomic mass is 31.2. The van der Waals surface area contributed by atoms with E-state index in [4.69, 9.17) is 14.8 Å². The first kappa shape index (κ1) is 24.7. The van der Waals surface area contributed by atoms with Crippen LogP contribution in [-0.2, 0) is 24.7 Å². The van der Waals surface area contributed by atoms with Gasteiger partial charge in [-0.3, -0.25) is 18.9 Å². The van der Waals surface area contributed by atoms with Crippen LogP contribution in [0.5, 0.6) is 0 Å². The third-order valence-electron chi connectivity index (χ3n) is 4.20. The molecule has 0 aliphatic carbocycles. The molecule has 0 unspecified atom stereocenters. The van der Waals surface area contributed by atoms with Crippen molar-refractivity contribution in [3.05, 3.63) is 16.7 Å². The number of fused-ring (bicyclic) bond motifs is 1. The lowest BCUT2D eigenvalue weighted by atomic mass is 10.4. The van der Waals surface area contributed by atoms with Crippen LogP contribution in [0.15, 0.2) is 11.1 Å². The second-order valence-electron chi connectivity index (χ2n) is 6.46. The molecule has 0 bridgehead atoms. The Balaban J connectivity index is 2.12. The van der Waals surface area contributed by atoms with Crippen molar-refractivity contribution in [3.63, 3.8) is 0 Å². The van der Waals surface area contributed by atoms with Gasteiger partial charge in [0, 0.05) is 26.2 Å². The van der Waals surface area contributed by atoms with Crippen molar-refractivity contribution in [1.29, 1.82) is 0 Å². The number of hydrogen-bond donors (Lipinski definition) is 4. The number of hydrogen-bond acceptors (Lipinski definition) is 9. The number of anilines is 1. The van der Waals surface area contributed by atoms with Gasteiger partial charge in [-0.1, -0.05) is 0 Å². The topological polar surface area (TPSA) is 186 Å². The second-order valence-corrected chi connectivity index (χ2v) is 10.4. The lowest BCUT2D eigenvalue weighted by molar-refractivity contribution is 0.211. The predicted molar refractivity (Wildman–Crippen MR) is 112 cm³/mol. The average Bonchev–Trinajstić information content (AvgIpc) is 3.04. The van der Waals surface area contributed by atoms with E-state index in [-0.39, 0.29) is 50.1 Å². The number of aromatic amines is 1. The first-order valence-corrected chi connectivity index (χ1v) is 12.9. The van der Waals surface area contributed by atoms with Crippen LogP contribution in [0.2, 0.25) is 0 Å². The fraction of sp³-hybridized carbons (Fsp3) is 0.667. The molecular formula is C15H28N6O7P2. The van der Waals surface area contributed by atoms with E-state index in [0.717, 1.165) is 0 Å². The van der Waals surface area contributed by atoms with Crippen molar-refractivity contribution in [3.8, 4) is 0 Å². The van der Waals surface area contributed by atoms with Crippen LogP contribution in [0, 0.1) is 0 Å². The molecule has 0 saturated carbocycles. The Morgan fingerprint density at radius 2 is 1.80 bits per heavy atom. The minimum absolute atomic E-state index is 0.0398. The summed E-state index contributed by atoms with van der Waals surface area (Å²) < 4.78 is 36.2. The molecule has 0 radical (unpaired) electrons. The molecule has 170 valence electrons. The van der Waals surface area contributed by atoms with E-state index in [1.165, 1.54) is 6.33 Å². The zero-order valence-corrected chi connectivity index (χ0v) is 18.7. The fourth-order valence-corrected chi connectivity index (χ4v) is 5.01. The molecule has 0 fully saturated rings. The average molecular weight is 466 g/mol. The maximum atomic E-state index is 12.7. The Hall–Kier alpha value is -1.59. The number of nitrogens with two attached hydrogens (primary N) is 1. The Kier molecular flexibility index (Phi) is 8.74. The zero-order chi connectivity index (χ0) is 22.4. The minimum atomic E-state index is -4.21. The fourth-order valence-electron chi connectivity index (χ4n) is 2.81. The lowest BCUT2D eigenvalue weighted by Gasteiger charge is -2.25. The van der Waals surface area contributed by atoms with Gasteiger partial charge in [0.25, 0.3) is 5.56 Å². The standard InChI is InChI=1S/C15H28N6O7P2/c1-3-27-30(26,28-4-2)10-8-20(7-9-29(23,24)25)5-6-21-11-17-12-13(21)18-15(16)19-14(12)22/h11H,3-10H2,1-2H3,(H2,23,24,25)(H3,16,18,19,22). The molecule has 0 aromatic carbocycles. The molecule has 2 aromatic rings. The molecule has 0 aliphatic rings. The van der Waals surface area contributed by atoms with Crippen molar-refractivity contribution < 1.29 is 28.0 Å². The Bertz CT molecular complexity index is 978. The number of nitrogen functional groups attached to an aromatic ring is 1. The SMILES string of the molecule is CCOP(=O)(CCN(CCn1cnc2c(=O)[nH]c(N)nc21)CCP(=O)(O)O)OCC. The quantitative estimate of drug-likeness (QED) is 0.300. The molecule has 13 nitrogen and oxygen atoms in total. The van der Waals surface area contributed by atoms with Crippen LogP contribution in [0.3, 0.4) is 0 Å². The second kappa shape index (κ2) is 10.6. The van der Waals surface area contributed by atoms with Gasteiger partial charge in [-0.15, -0.1) is 0 Å². The summed E-state index contributed by atoms with van der Waals surface area (Å²) in [6.07, 6.45) is 1.17. The van der Waals surface area contributed by atoms with Gasteiger partial charge >= 0.3 is 15.2 Å². The van der Waals surface area contributed by atoms with Crippen molar-refractivity contribution in [1.82, 2.24) is 24.4 Å². The molecule has 2 rings (SSSR count). The molecule has 15 heteroatoms. The van der Waals surface area contributed by atoms with Gasteiger partial charge in [-0.25, -0.2) is 4.98 Å². The summed E-state index contributed by atoms with van der Waals surface area (Å²) >= 11 is 0. The van der Waals surface area contributed by atoms with Gasteiger partial charge in [0.1, 0.15) is 0 Å². The summed E-state index contributed by atoms with van der Waals surface area (Å²) in [4.78, 5) is 42.6. The van der Waals surface area contributed by atoms with Crippen molar-refractivity contribution in [2.45, 2.75) is 20.4 Å². The van der Waals surface area contributed by atoms with E-state index in [2.05, 4.69) is 15.0 Å². The van der Waals surface area contributed by atoms with Gasteiger partial charge in [0.15, 0.2) is 11.2 Å². The van der Waals surface area contributed by atoms with E-state index < -0.39 is 20.8 Å². The van der Waals surface area contributed by atoms with Crippen molar-refractivity contribution >= 4 is 32.3 Å². The van der Waals surface area contributed by atoms with Crippen molar-refractivity contribution in [2.24, 2.45) is 0 Å². The summed E-state index contributed by atoms with van der Waals surface area (Å²) in [5.41, 5.74) is 5.59. The number of aromatic nitrogens is 4. The Morgan fingerprint density at radius 3 is 2.40 bits per heavy atom. The summed E-state index contributed by atoms with van der Waals surface area (Å²) in [6, 6.07) is 0. The predicted octanol–water partition coefficient (Wildman–Crippen LogP) is 0.448. The van der Waals surface area contributed by atoms with Crippen LogP contribution in [0.1, 0.15) is 13.8 Å². The van der Waals surface area contributed by atoms with E-state index in [0.29, 0.717) is 18.7 Å². The maximum Gasteiger partial charge on any atom is 0.331 e. The summed E-state index contributed by atoms with van der Waals surface area (Å²) in [7, 11) is -7.51. The Morgan fingerprint density at radius 1 is 1.17 bits per heavy atom. The molecule has 0 amide bonds. The highest BCUT2D eigenvalue weighted by Gasteiger charge is 2.25. The monoisotopic (exact) mass is 466 g/mol. The molecule has 30 heavy (non-hydrogen) atoms. The molecule has 0 atom stereocenters. The molecule has 2 aromatic heterocycles. The van der Waals surface area contributed by atoms with E-state index in [1.807, 2.05) is 0 Å². The normalized spacial score (nSPS) is 12.8. The number of imidazole rings is 1. The van der Waals surface area contributed by atoms with Gasteiger partial charge in [-0.05, 0) is 13.8 Å². The highest BCUT2D eigenvalue weighted by molar-refractivity contribution is 7.53. The first-order chi connectivity index (χ1) is 14.1. The lowest BCUT2D eigenvalue weighted by Crippen LogP contribution is -2.33. The van der Waals surface area contributed by atoms with Crippen LogP contribution >= 0.6 is 15.2 Å². The maximum absolute atomic E-state index is 12.7. The largest absolute Gasteiger partial charge is 0.369 e. The summed E-state index contributed by atoms with van der Waals surface area (Å²) in [5.74, 6) is -0.0398.